The van der Waals surface area contributed by atoms with Gasteiger partial charge in [0.25, 0.3) is 5.69 Å². The van der Waals surface area contributed by atoms with E-state index < -0.39 is 5.60 Å². The molecule has 2 heterocycles. The van der Waals surface area contributed by atoms with Gasteiger partial charge in [-0.1, -0.05) is 42.5 Å². The zero-order valence-electron chi connectivity index (χ0n) is 18.3. The normalized spacial score (nSPS) is 20.5. The number of non-ortho nitro benzene ring substituents is 1. The molecular weight excluding hydrogens is 394 g/mol. The van der Waals surface area contributed by atoms with E-state index in [4.69, 9.17) is 4.74 Å². The first-order valence-corrected chi connectivity index (χ1v) is 10.6. The fourth-order valence-corrected chi connectivity index (χ4v) is 4.81. The third-order valence-electron chi connectivity index (χ3n) is 6.14. The fourth-order valence-electron chi connectivity index (χ4n) is 4.81. The minimum Gasteiger partial charge on any atom is -0.444 e. The molecule has 164 valence electrons. The van der Waals surface area contributed by atoms with Crippen LogP contribution < -0.4 is 0 Å². The molecule has 2 aromatic rings. The average molecular weight is 424 g/mol. The summed E-state index contributed by atoms with van der Waals surface area (Å²) in [6.07, 6.45) is -0.276. The highest BCUT2D eigenvalue weighted by atomic mass is 16.6. The Morgan fingerprint density at radius 1 is 1.10 bits per heavy atom. The van der Waals surface area contributed by atoms with E-state index in [0.717, 1.165) is 25.2 Å². The standard InChI is InChI=1S/C24H29N3O4/c1-23(2,3)31-22(28)26-16-24(17-26)15-25(13-18-7-5-4-6-8-18)14-21(24)19-9-11-20(12-10-19)27(29)30/h4-12,21H,13-17H2,1-3H3. The lowest BCUT2D eigenvalue weighted by atomic mass is 9.69. The summed E-state index contributed by atoms with van der Waals surface area (Å²) >= 11 is 0. The molecule has 0 saturated carbocycles. The van der Waals surface area contributed by atoms with Crippen molar-refractivity contribution < 1.29 is 14.5 Å². The highest BCUT2D eigenvalue weighted by molar-refractivity contribution is 5.69. The number of hydrogen-bond acceptors (Lipinski definition) is 5. The van der Waals surface area contributed by atoms with Crippen molar-refractivity contribution in [3.63, 3.8) is 0 Å². The molecule has 31 heavy (non-hydrogen) atoms. The van der Waals surface area contributed by atoms with Gasteiger partial charge in [0.15, 0.2) is 0 Å². The number of amides is 1. The molecule has 0 bridgehead atoms. The smallest absolute Gasteiger partial charge is 0.410 e. The van der Waals surface area contributed by atoms with Crippen LogP contribution in [0.3, 0.4) is 0 Å². The Morgan fingerprint density at radius 2 is 1.74 bits per heavy atom. The van der Waals surface area contributed by atoms with Crippen molar-refractivity contribution in [2.45, 2.75) is 38.8 Å². The molecule has 0 aromatic heterocycles. The van der Waals surface area contributed by atoms with E-state index in [0.29, 0.717) is 13.1 Å². The van der Waals surface area contributed by atoms with E-state index in [1.54, 1.807) is 17.0 Å². The second kappa shape index (κ2) is 7.96. The van der Waals surface area contributed by atoms with Gasteiger partial charge in [-0.3, -0.25) is 15.0 Å². The van der Waals surface area contributed by atoms with Gasteiger partial charge in [-0.25, -0.2) is 4.79 Å². The largest absolute Gasteiger partial charge is 0.444 e. The van der Waals surface area contributed by atoms with E-state index in [1.807, 2.05) is 51.1 Å². The van der Waals surface area contributed by atoms with Gasteiger partial charge in [0.05, 0.1) is 4.92 Å². The van der Waals surface area contributed by atoms with Crippen molar-refractivity contribution in [2.75, 3.05) is 26.2 Å². The molecule has 1 unspecified atom stereocenters. The fraction of sp³-hybridized carbons (Fsp3) is 0.458. The summed E-state index contributed by atoms with van der Waals surface area (Å²) in [4.78, 5) is 27.4. The highest BCUT2D eigenvalue weighted by Gasteiger charge is 2.56. The predicted molar refractivity (Wildman–Crippen MR) is 118 cm³/mol. The molecule has 1 amide bonds. The molecule has 0 radical (unpaired) electrons. The summed E-state index contributed by atoms with van der Waals surface area (Å²) in [5, 5.41) is 11.1. The minimum atomic E-state index is -0.521. The van der Waals surface area contributed by atoms with Gasteiger partial charge >= 0.3 is 6.09 Å². The number of carbonyl (C=O) groups is 1. The van der Waals surface area contributed by atoms with Crippen molar-refractivity contribution in [1.29, 1.82) is 0 Å². The molecule has 2 aliphatic heterocycles. The molecule has 0 N–H and O–H groups in total. The van der Waals surface area contributed by atoms with Crippen LogP contribution in [-0.4, -0.2) is 52.6 Å². The number of likely N-dealkylation sites (tertiary alicyclic amines) is 2. The van der Waals surface area contributed by atoms with Crippen LogP contribution in [0.25, 0.3) is 0 Å². The first-order valence-electron chi connectivity index (χ1n) is 10.6. The number of ether oxygens (including phenoxy) is 1. The molecular formula is C24H29N3O4. The molecule has 1 atom stereocenters. The molecule has 2 saturated heterocycles. The van der Waals surface area contributed by atoms with Crippen LogP contribution in [0.5, 0.6) is 0 Å². The lowest BCUT2D eigenvalue weighted by Crippen LogP contribution is -2.62. The van der Waals surface area contributed by atoms with Gasteiger partial charge in [0, 0.05) is 56.2 Å². The topological polar surface area (TPSA) is 75.9 Å². The number of nitro groups is 1. The van der Waals surface area contributed by atoms with Crippen molar-refractivity contribution in [1.82, 2.24) is 9.80 Å². The van der Waals surface area contributed by atoms with E-state index in [9.17, 15) is 14.9 Å². The second-order valence-corrected chi connectivity index (χ2v) is 9.76. The van der Waals surface area contributed by atoms with Crippen LogP contribution in [0.2, 0.25) is 0 Å². The van der Waals surface area contributed by atoms with Gasteiger partial charge in [0.1, 0.15) is 5.60 Å². The van der Waals surface area contributed by atoms with Crippen LogP contribution in [0, 0.1) is 15.5 Å². The Bertz CT molecular complexity index is 947. The second-order valence-electron chi connectivity index (χ2n) is 9.76. The Kier molecular flexibility index (Phi) is 5.47. The number of nitrogens with zero attached hydrogens (tertiary/aromatic N) is 3. The maximum Gasteiger partial charge on any atom is 0.410 e. The van der Waals surface area contributed by atoms with E-state index >= 15 is 0 Å². The summed E-state index contributed by atoms with van der Waals surface area (Å²) in [5.74, 6) is 0.204. The zero-order chi connectivity index (χ0) is 22.2. The predicted octanol–water partition coefficient (Wildman–Crippen LogP) is 4.43. The van der Waals surface area contributed by atoms with Crippen LogP contribution >= 0.6 is 0 Å². The summed E-state index contributed by atoms with van der Waals surface area (Å²) in [6.45, 7) is 9.46. The lowest BCUT2D eigenvalue weighted by Gasteiger charge is -2.51. The van der Waals surface area contributed by atoms with Gasteiger partial charge in [-0.2, -0.15) is 0 Å². The molecule has 2 aromatic carbocycles. The zero-order valence-corrected chi connectivity index (χ0v) is 18.3. The van der Waals surface area contributed by atoms with Crippen molar-refractivity contribution in [3.8, 4) is 0 Å². The van der Waals surface area contributed by atoms with Gasteiger partial charge < -0.3 is 9.64 Å². The van der Waals surface area contributed by atoms with Gasteiger partial charge in [-0.15, -0.1) is 0 Å². The van der Waals surface area contributed by atoms with Crippen LogP contribution in [0.1, 0.15) is 37.8 Å². The van der Waals surface area contributed by atoms with Crippen molar-refractivity contribution in [2.24, 2.45) is 5.41 Å². The van der Waals surface area contributed by atoms with E-state index in [1.165, 1.54) is 5.56 Å². The van der Waals surface area contributed by atoms with Crippen LogP contribution in [-0.2, 0) is 11.3 Å². The molecule has 4 rings (SSSR count). The van der Waals surface area contributed by atoms with Gasteiger partial charge in [-0.05, 0) is 31.9 Å². The summed E-state index contributed by atoms with van der Waals surface area (Å²) in [6, 6.07) is 17.2. The van der Waals surface area contributed by atoms with Crippen LogP contribution in [0.15, 0.2) is 54.6 Å². The SMILES string of the molecule is CC(C)(C)OC(=O)N1CC2(CN(Cc3ccccc3)CC2c2ccc([N+](=O)[O-])cc2)C1. The number of rotatable bonds is 4. The Morgan fingerprint density at radius 3 is 2.32 bits per heavy atom. The summed E-state index contributed by atoms with van der Waals surface area (Å²) in [7, 11) is 0. The summed E-state index contributed by atoms with van der Waals surface area (Å²) < 4.78 is 5.55. The third kappa shape index (κ3) is 4.56. The van der Waals surface area contributed by atoms with E-state index in [2.05, 4.69) is 17.0 Å². The lowest BCUT2D eigenvalue weighted by molar-refractivity contribution is -0.384. The average Bonchev–Trinajstić information content (AvgIpc) is 3.06. The molecule has 0 aliphatic carbocycles. The number of hydrogen-bond donors (Lipinski definition) is 0. The minimum absolute atomic E-state index is 0.0676. The van der Waals surface area contributed by atoms with E-state index in [-0.39, 0.29) is 28.0 Å². The molecule has 7 heteroatoms. The molecule has 2 aliphatic rings. The monoisotopic (exact) mass is 423 g/mol. The highest BCUT2D eigenvalue weighted by Crippen LogP contribution is 2.50. The first-order chi connectivity index (χ1) is 14.7. The Hall–Kier alpha value is -2.93. The number of benzene rings is 2. The first kappa shape index (κ1) is 21.3. The molecule has 7 nitrogen and oxygen atoms in total. The third-order valence-corrected chi connectivity index (χ3v) is 6.14. The quantitative estimate of drug-likeness (QED) is 0.537. The maximum absolute atomic E-state index is 12.5. The molecule has 1 spiro atoms. The van der Waals surface area contributed by atoms with Crippen molar-refractivity contribution in [3.05, 3.63) is 75.8 Å². The summed E-state index contributed by atoms with van der Waals surface area (Å²) in [5.41, 5.74) is 1.85. The number of nitro benzene ring substituents is 1. The number of carbonyl (C=O) groups excluding carboxylic acids is 1. The maximum atomic E-state index is 12.5. The van der Waals surface area contributed by atoms with Gasteiger partial charge in [0.2, 0.25) is 0 Å². The van der Waals surface area contributed by atoms with Crippen LogP contribution in [0.4, 0.5) is 10.5 Å². The van der Waals surface area contributed by atoms with Crippen molar-refractivity contribution >= 4 is 11.8 Å². The molecule has 2 fully saturated rings. The Labute approximate surface area is 182 Å². The Balaban J connectivity index is 1.53.